The van der Waals surface area contributed by atoms with Gasteiger partial charge in [0, 0.05) is 18.7 Å². The number of alkyl halides is 1. The van der Waals surface area contributed by atoms with Gasteiger partial charge in [-0.15, -0.1) is 11.6 Å². The Morgan fingerprint density at radius 3 is 2.00 bits per heavy atom. The number of hydrogen-bond acceptors (Lipinski definition) is 3. The number of carbonyl (C=O) groups excluding carboxylic acids is 1. The molecule has 0 spiro atoms. The number of carboxylic acid groups (broad SMARTS) is 2. The lowest BCUT2D eigenvalue weighted by Crippen LogP contribution is -2.71. The number of aliphatic carboxylic acids is 1. The van der Waals surface area contributed by atoms with Crippen molar-refractivity contribution in [1.82, 2.24) is 0 Å². The summed E-state index contributed by atoms with van der Waals surface area (Å²) < 4.78 is -0.209. The lowest BCUT2D eigenvalue weighted by atomic mass is 9.77. The van der Waals surface area contributed by atoms with Crippen molar-refractivity contribution in [2.45, 2.75) is 39.2 Å². The van der Waals surface area contributed by atoms with Crippen molar-refractivity contribution in [2.24, 2.45) is 5.41 Å². The smallest absolute Gasteiger partial charge is 0.311 e. The van der Waals surface area contributed by atoms with E-state index >= 15 is 0 Å². The molecule has 6 heteroatoms. The first-order chi connectivity index (χ1) is 8.11. The van der Waals surface area contributed by atoms with Gasteiger partial charge in [-0.05, 0) is 20.8 Å². The average Bonchev–Trinajstić information content (AvgIpc) is 2.26. The van der Waals surface area contributed by atoms with Crippen molar-refractivity contribution < 1.29 is 24.3 Å². The van der Waals surface area contributed by atoms with Gasteiger partial charge in [-0.1, -0.05) is 0 Å². The molecule has 0 unspecified atom stereocenters. The number of likely N-dealkylation sites (tertiary alicyclic amines) is 1. The molecule has 0 aromatic heterocycles. The Morgan fingerprint density at radius 1 is 1.33 bits per heavy atom. The number of rotatable bonds is 2. The van der Waals surface area contributed by atoms with Gasteiger partial charge >= 0.3 is 5.97 Å². The molecule has 1 aliphatic rings. The summed E-state index contributed by atoms with van der Waals surface area (Å²) in [6.45, 7) is 5.97. The maximum atomic E-state index is 11.5. The molecule has 1 saturated heterocycles. The van der Waals surface area contributed by atoms with E-state index in [0.29, 0.717) is 0 Å². The minimum Gasteiger partial charge on any atom is -0.498 e. The maximum Gasteiger partial charge on any atom is 0.311 e. The molecule has 0 saturated carbocycles. The van der Waals surface area contributed by atoms with Crippen LogP contribution in [0.1, 0.15) is 33.6 Å². The van der Waals surface area contributed by atoms with Gasteiger partial charge in [0.2, 0.25) is 0 Å². The Balaban J connectivity index is 3.02. The highest BCUT2D eigenvalue weighted by molar-refractivity contribution is 6.19. The van der Waals surface area contributed by atoms with Gasteiger partial charge in [-0.2, -0.15) is 0 Å². The molecule has 1 amide bonds. The number of nitrogens with zero attached hydrogens (tertiary/aromatic N) is 1. The van der Waals surface area contributed by atoms with Gasteiger partial charge in [0.05, 0.1) is 24.0 Å². The van der Waals surface area contributed by atoms with Crippen LogP contribution in [0.15, 0.2) is 0 Å². The number of piperidine rings is 1. The van der Waals surface area contributed by atoms with E-state index in [9.17, 15) is 19.8 Å². The zero-order valence-corrected chi connectivity index (χ0v) is 11.8. The monoisotopic (exact) mass is 277 g/mol. The minimum absolute atomic E-state index is 0.0134. The van der Waals surface area contributed by atoms with Crippen LogP contribution < -0.4 is 5.11 Å². The Bertz CT molecular complexity index is 354. The Kier molecular flexibility index (Phi) is 3.98. The summed E-state index contributed by atoms with van der Waals surface area (Å²) in [4.78, 5) is 22.8. The largest absolute Gasteiger partial charge is 0.498 e. The predicted octanol–water partition coefficient (Wildman–Crippen LogP) is 1.05. The molecular weight excluding hydrogens is 258 g/mol. The predicted molar refractivity (Wildman–Crippen MR) is 65.2 cm³/mol. The zero-order valence-electron chi connectivity index (χ0n) is 11.0. The van der Waals surface area contributed by atoms with Gasteiger partial charge in [0.25, 0.3) is 6.09 Å². The van der Waals surface area contributed by atoms with E-state index in [2.05, 4.69) is 0 Å². The third kappa shape index (κ3) is 2.21. The summed E-state index contributed by atoms with van der Waals surface area (Å²) in [7, 11) is 0. The fourth-order valence-electron chi connectivity index (χ4n) is 2.58. The maximum absolute atomic E-state index is 11.5. The molecule has 0 aromatic rings. The summed E-state index contributed by atoms with van der Waals surface area (Å²) >= 11 is 5.77. The van der Waals surface area contributed by atoms with Gasteiger partial charge in [-0.25, -0.2) is 0 Å². The second-order valence-corrected chi connectivity index (χ2v) is 6.34. The Hall–Kier alpha value is -0.810. The molecule has 104 valence electrons. The molecule has 0 bridgehead atoms. The van der Waals surface area contributed by atoms with Crippen molar-refractivity contribution in [2.75, 3.05) is 19.0 Å². The van der Waals surface area contributed by atoms with Gasteiger partial charge in [0.15, 0.2) is 0 Å². The van der Waals surface area contributed by atoms with Crippen molar-refractivity contribution in [3.05, 3.63) is 0 Å². The summed E-state index contributed by atoms with van der Waals surface area (Å²) in [5.41, 5.74) is -1.51. The molecule has 0 aliphatic carbocycles. The van der Waals surface area contributed by atoms with Crippen molar-refractivity contribution in [3.8, 4) is 0 Å². The number of carboxylic acids is 1. The van der Waals surface area contributed by atoms with Crippen LogP contribution in [0.3, 0.4) is 0 Å². The number of halogens is 1. The second-order valence-electron chi connectivity index (χ2n) is 6.07. The lowest BCUT2D eigenvalue weighted by Gasteiger charge is -2.52. The topological polar surface area (TPSA) is 77.4 Å². The Labute approximate surface area is 112 Å². The SMILES string of the molecule is CC(C)(C)[N+]1(C(=O)[O-])CCC(CCl)(C(=O)O)CC1. The van der Waals surface area contributed by atoms with Crippen LogP contribution >= 0.6 is 11.6 Å². The first-order valence-corrected chi connectivity index (χ1v) is 6.53. The number of amides is 1. The van der Waals surface area contributed by atoms with Crippen molar-refractivity contribution in [3.63, 3.8) is 0 Å². The molecule has 1 rings (SSSR count). The minimum atomic E-state index is -1.14. The molecule has 1 N–H and O–H groups in total. The molecule has 5 nitrogen and oxygen atoms in total. The van der Waals surface area contributed by atoms with Gasteiger partial charge < -0.3 is 15.0 Å². The van der Waals surface area contributed by atoms with E-state index in [4.69, 9.17) is 11.6 Å². The van der Waals surface area contributed by atoms with E-state index in [1.165, 1.54) is 0 Å². The molecular formula is C12H20ClNO4. The fraction of sp³-hybridized carbons (Fsp3) is 0.833. The first kappa shape index (κ1) is 15.2. The van der Waals surface area contributed by atoms with Crippen LogP contribution in [0, 0.1) is 5.41 Å². The molecule has 0 radical (unpaired) electrons. The van der Waals surface area contributed by atoms with E-state index in [0.717, 1.165) is 0 Å². The standard InChI is InChI=1S/C12H20ClNO4/c1-11(2,3)14(10(17)18)6-4-12(8-13,5-7-14)9(15)16/h4-8H2,1-3H3,(H-,15,16,17,18). The second kappa shape index (κ2) is 4.70. The third-order valence-electron chi connectivity index (χ3n) is 4.29. The third-order valence-corrected chi connectivity index (χ3v) is 4.80. The zero-order chi connectivity index (χ0) is 14.2. The quantitative estimate of drug-likeness (QED) is 0.604. The van der Waals surface area contributed by atoms with Crippen LogP contribution in [0.2, 0.25) is 0 Å². The first-order valence-electron chi connectivity index (χ1n) is 5.99. The van der Waals surface area contributed by atoms with Crippen LogP contribution in [0.25, 0.3) is 0 Å². The average molecular weight is 278 g/mol. The summed E-state index contributed by atoms with van der Waals surface area (Å²) in [5, 5.41) is 20.7. The van der Waals surface area contributed by atoms with Crippen LogP contribution in [0.5, 0.6) is 0 Å². The van der Waals surface area contributed by atoms with Gasteiger partial charge in [0.1, 0.15) is 0 Å². The fourth-order valence-corrected chi connectivity index (χ4v) is 2.96. The highest BCUT2D eigenvalue weighted by atomic mass is 35.5. The molecule has 1 aliphatic heterocycles. The van der Waals surface area contributed by atoms with E-state index < -0.39 is 23.0 Å². The molecule has 1 heterocycles. The van der Waals surface area contributed by atoms with Crippen molar-refractivity contribution in [1.29, 1.82) is 0 Å². The van der Waals surface area contributed by atoms with Crippen LogP contribution in [-0.4, -0.2) is 46.2 Å². The number of hydrogen-bond donors (Lipinski definition) is 1. The van der Waals surface area contributed by atoms with Crippen LogP contribution in [0.4, 0.5) is 4.79 Å². The summed E-state index contributed by atoms with van der Waals surface area (Å²) in [5.74, 6) is -0.929. The molecule has 0 aromatic carbocycles. The number of quaternary nitrogens is 1. The highest BCUT2D eigenvalue weighted by Gasteiger charge is 2.52. The van der Waals surface area contributed by atoms with Crippen molar-refractivity contribution >= 4 is 23.7 Å². The normalized spacial score (nSPS) is 33.1. The summed E-state index contributed by atoms with van der Waals surface area (Å²) in [6.07, 6.45) is -0.621. The summed E-state index contributed by atoms with van der Waals surface area (Å²) in [6, 6.07) is 0. The lowest BCUT2D eigenvalue weighted by molar-refractivity contribution is -0.925. The number of carbonyl (C=O) groups is 2. The molecule has 18 heavy (non-hydrogen) atoms. The van der Waals surface area contributed by atoms with E-state index in [1.807, 2.05) is 20.8 Å². The van der Waals surface area contributed by atoms with E-state index in [-0.39, 0.29) is 36.3 Å². The molecule has 1 fully saturated rings. The van der Waals surface area contributed by atoms with Crippen LogP contribution in [-0.2, 0) is 4.79 Å². The molecule has 0 atom stereocenters. The highest BCUT2D eigenvalue weighted by Crippen LogP contribution is 2.40. The Morgan fingerprint density at radius 2 is 1.78 bits per heavy atom. The van der Waals surface area contributed by atoms with E-state index in [1.54, 1.807) is 0 Å². The van der Waals surface area contributed by atoms with Gasteiger partial charge in [-0.3, -0.25) is 9.28 Å².